The second-order valence-electron chi connectivity index (χ2n) is 11.2. The molecule has 2 aliphatic heterocycles. The number of aldehydes is 1. The van der Waals surface area contributed by atoms with Crippen LogP contribution in [0.1, 0.15) is 24.8 Å². The minimum atomic E-state index is -4.58. The minimum absolute atomic E-state index is 0.0566. The summed E-state index contributed by atoms with van der Waals surface area (Å²) in [5.74, 6) is -1.15. The topological polar surface area (TPSA) is 111 Å². The van der Waals surface area contributed by atoms with E-state index in [1.165, 1.54) is 12.4 Å². The lowest BCUT2D eigenvalue weighted by Gasteiger charge is -2.45. The number of carbonyl (C=O) groups excluding carboxylic acids is 2. The maximum Gasteiger partial charge on any atom is 0.416 e. The Labute approximate surface area is 253 Å². The van der Waals surface area contributed by atoms with Crippen molar-refractivity contribution >= 4 is 41.1 Å². The maximum absolute atomic E-state index is 14.8. The number of likely N-dealkylation sites (N-methyl/N-ethyl adjacent to an activating group) is 2. The van der Waals surface area contributed by atoms with Crippen LogP contribution in [0.3, 0.4) is 0 Å². The molecule has 1 aromatic heterocycles. The molecule has 0 radical (unpaired) electrons. The quantitative estimate of drug-likeness (QED) is 0.303. The van der Waals surface area contributed by atoms with Crippen molar-refractivity contribution in [2.24, 2.45) is 5.92 Å². The van der Waals surface area contributed by atoms with Crippen molar-refractivity contribution in [3.05, 3.63) is 40.9 Å². The third-order valence-corrected chi connectivity index (χ3v) is 8.36. The summed E-state index contributed by atoms with van der Waals surface area (Å²) >= 11 is 5.88. The molecule has 1 amide bonds. The highest BCUT2D eigenvalue weighted by Gasteiger charge is 2.40. The second-order valence-corrected chi connectivity index (χ2v) is 11.6. The summed E-state index contributed by atoms with van der Waals surface area (Å²) in [4.78, 5) is 41.2. The number of alkyl halides is 3. The van der Waals surface area contributed by atoms with E-state index in [1.807, 2.05) is 23.9 Å². The van der Waals surface area contributed by atoms with Crippen LogP contribution < -0.4 is 16.0 Å². The Bertz CT molecular complexity index is 1280. The number of hydrogen-bond acceptors (Lipinski definition) is 9. The fraction of sp³-hybridized carbons (Fsp3) is 0.571. The molecule has 0 bridgehead atoms. The van der Waals surface area contributed by atoms with E-state index in [0.717, 1.165) is 25.2 Å². The predicted octanol–water partition coefficient (Wildman–Crippen LogP) is 3.23. The first kappa shape index (κ1) is 32.7. The van der Waals surface area contributed by atoms with E-state index in [-0.39, 0.29) is 40.2 Å². The first-order valence-electron chi connectivity index (χ1n) is 14.2. The fourth-order valence-corrected chi connectivity index (χ4v) is 5.90. The number of rotatable bonds is 10. The standard InChI is InChI=1S/C28H37ClF4N8O2/c1-38-8-10-40(11-9-38)27(43)22-5-7-41(26-24(30)25(34)35-17-36-26)15-23(22)39(2)6-3-4-20(16-42)37-21-13-18(28(31,32)33)12-19(29)14-21/h12-14,16-17,20,22-23,37H,3-11,15H2,1-2H3,(H2,34,35,36)/t20?,22-,23?/m0/s1. The summed E-state index contributed by atoms with van der Waals surface area (Å²) in [5, 5.41) is 2.74. The first-order chi connectivity index (χ1) is 20.4. The lowest BCUT2D eigenvalue weighted by molar-refractivity contribution is -0.140. The highest BCUT2D eigenvalue weighted by Crippen LogP contribution is 2.34. The Kier molecular flexibility index (Phi) is 10.7. The number of nitrogens with two attached hydrogens (primary N) is 1. The van der Waals surface area contributed by atoms with Gasteiger partial charge in [0.2, 0.25) is 11.7 Å². The Hall–Kier alpha value is -3.23. The Morgan fingerprint density at radius 3 is 2.60 bits per heavy atom. The third kappa shape index (κ3) is 8.24. The van der Waals surface area contributed by atoms with Crippen LogP contribution in [-0.2, 0) is 15.8 Å². The number of nitrogen functional groups attached to an aromatic ring is 1. The van der Waals surface area contributed by atoms with Gasteiger partial charge >= 0.3 is 6.18 Å². The van der Waals surface area contributed by atoms with Crippen molar-refractivity contribution in [3.63, 3.8) is 0 Å². The van der Waals surface area contributed by atoms with Crippen molar-refractivity contribution in [1.29, 1.82) is 0 Å². The smallest absolute Gasteiger partial charge is 0.381 e. The van der Waals surface area contributed by atoms with Gasteiger partial charge in [-0.25, -0.2) is 9.97 Å². The summed E-state index contributed by atoms with van der Waals surface area (Å²) in [6, 6.07) is 2.03. The number of halogens is 5. The summed E-state index contributed by atoms with van der Waals surface area (Å²) in [6.07, 6.45) is -1.41. The van der Waals surface area contributed by atoms with Crippen molar-refractivity contribution in [1.82, 2.24) is 24.7 Å². The van der Waals surface area contributed by atoms with E-state index >= 15 is 0 Å². The zero-order valence-corrected chi connectivity index (χ0v) is 24.9. The van der Waals surface area contributed by atoms with Crippen LogP contribution in [0.15, 0.2) is 24.5 Å². The van der Waals surface area contributed by atoms with E-state index < -0.39 is 23.6 Å². The van der Waals surface area contributed by atoms with Crippen LogP contribution in [0, 0.1) is 11.7 Å². The largest absolute Gasteiger partial charge is 0.416 e. The molecule has 2 aliphatic rings. The number of anilines is 3. The van der Waals surface area contributed by atoms with Gasteiger partial charge in [-0.2, -0.15) is 17.6 Å². The maximum atomic E-state index is 14.8. The molecule has 2 fully saturated rings. The van der Waals surface area contributed by atoms with Crippen molar-refractivity contribution < 1.29 is 27.2 Å². The monoisotopic (exact) mass is 628 g/mol. The van der Waals surface area contributed by atoms with E-state index in [1.54, 1.807) is 4.90 Å². The highest BCUT2D eigenvalue weighted by molar-refractivity contribution is 6.31. The van der Waals surface area contributed by atoms with Gasteiger partial charge in [-0.1, -0.05) is 11.6 Å². The average Bonchev–Trinajstić information content (AvgIpc) is 2.97. The van der Waals surface area contributed by atoms with E-state index in [2.05, 4.69) is 20.2 Å². The summed E-state index contributed by atoms with van der Waals surface area (Å²) in [7, 11) is 3.89. The van der Waals surface area contributed by atoms with Crippen LogP contribution >= 0.6 is 11.6 Å². The van der Waals surface area contributed by atoms with Crippen molar-refractivity contribution in [3.8, 4) is 0 Å². The van der Waals surface area contributed by atoms with Crippen LogP contribution in [0.25, 0.3) is 0 Å². The Morgan fingerprint density at radius 1 is 1.21 bits per heavy atom. The van der Waals surface area contributed by atoms with E-state index in [0.29, 0.717) is 58.3 Å². The lowest BCUT2D eigenvalue weighted by Crippen LogP contribution is -2.58. The number of aromatic nitrogens is 2. The van der Waals surface area contributed by atoms with Gasteiger partial charge in [-0.3, -0.25) is 4.79 Å². The predicted molar refractivity (Wildman–Crippen MR) is 156 cm³/mol. The van der Waals surface area contributed by atoms with Gasteiger partial charge in [0, 0.05) is 56.0 Å². The number of piperazine rings is 1. The van der Waals surface area contributed by atoms with Crippen molar-refractivity contribution in [2.75, 3.05) is 75.9 Å². The Morgan fingerprint density at radius 2 is 1.93 bits per heavy atom. The molecule has 3 N–H and O–H groups in total. The molecule has 2 unspecified atom stereocenters. The number of piperidine rings is 1. The molecule has 15 heteroatoms. The molecule has 1 aromatic carbocycles. The van der Waals surface area contributed by atoms with Crippen LogP contribution in [0.5, 0.6) is 0 Å². The summed E-state index contributed by atoms with van der Waals surface area (Å²) < 4.78 is 54.5. The molecule has 43 heavy (non-hydrogen) atoms. The number of hydrogen-bond donors (Lipinski definition) is 2. The molecule has 236 valence electrons. The zero-order valence-electron chi connectivity index (χ0n) is 24.2. The zero-order chi connectivity index (χ0) is 31.3. The molecule has 3 heterocycles. The van der Waals surface area contributed by atoms with Gasteiger partial charge in [-0.05, 0) is 58.1 Å². The van der Waals surface area contributed by atoms with Gasteiger partial charge in [0.1, 0.15) is 12.6 Å². The molecule has 2 aromatic rings. The van der Waals surface area contributed by atoms with E-state index in [4.69, 9.17) is 17.3 Å². The van der Waals surface area contributed by atoms with Crippen molar-refractivity contribution in [2.45, 2.75) is 37.5 Å². The van der Waals surface area contributed by atoms with Crippen LogP contribution in [-0.4, -0.2) is 109 Å². The normalized spacial score (nSPS) is 20.7. The van der Waals surface area contributed by atoms with Crippen LogP contribution in [0.2, 0.25) is 5.02 Å². The molecule has 0 spiro atoms. The lowest BCUT2D eigenvalue weighted by atomic mass is 9.88. The average molecular weight is 629 g/mol. The molecule has 10 nitrogen and oxygen atoms in total. The van der Waals surface area contributed by atoms with Gasteiger partial charge in [0.15, 0.2) is 11.6 Å². The number of amides is 1. The van der Waals surface area contributed by atoms with Gasteiger partial charge in [0.05, 0.1) is 17.5 Å². The molecule has 3 atom stereocenters. The summed E-state index contributed by atoms with van der Waals surface area (Å²) in [5.41, 5.74) is 4.86. The van der Waals surface area contributed by atoms with E-state index in [9.17, 15) is 27.2 Å². The number of benzene rings is 1. The second kappa shape index (κ2) is 14.0. The molecule has 4 rings (SSSR count). The highest BCUT2D eigenvalue weighted by atomic mass is 35.5. The summed E-state index contributed by atoms with van der Waals surface area (Å²) in [6.45, 7) is 4.06. The van der Waals surface area contributed by atoms with Gasteiger partial charge < -0.3 is 35.4 Å². The van der Waals surface area contributed by atoms with Crippen LogP contribution in [0.4, 0.5) is 34.9 Å². The number of nitrogens with zero attached hydrogens (tertiary/aromatic N) is 6. The first-order valence-corrected chi connectivity index (χ1v) is 14.5. The fourth-order valence-electron chi connectivity index (χ4n) is 5.67. The van der Waals surface area contributed by atoms with Gasteiger partial charge in [0.25, 0.3) is 0 Å². The SMILES string of the molecule is CN1CCN(C(=O)[C@H]2CCN(c3ncnc(N)c3F)CC2N(C)CCCC(C=O)Nc2cc(Cl)cc(C(F)(F)F)c2)CC1. The number of nitrogens with one attached hydrogen (secondary N) is 1. The molecular weight excluding hydrogens is 592 g/mol. The molecular formula is C28H37ClF4N8O2. The molecule has 0 aliphatic carbocycles. The number of carbonyl (C=O) groups is 2. The Balaban J connectivity index is 1.44. The van der Waals surface area contributed by atoms with Gasteiger partial charge in [-0.15, -0.1) is 0 Å². The third-order valence-electron chi connectivity index (χ3n) is 8.15. The molecule has 2 saturated heterocycles. The molecule has 0 saturated carbocycles. The minimum Gasteiger partial charge on any atom is -0.381 e.